The quantitative estimate of drug-likeness (QED) is 0.819. The Morgan fingerprint density at radius 1 is 1.39 bits per heavy atom. The smallest absolute Gasteiger partial charge is 0.341 e. The third-order valence-corrected chi connectivity index (χ3v) is 2.33. The first-order chi connectivity index (χ1) is 8.43. The van der Waals surface area contributed by atoms with E-state index in [1.807, 2.05) is 0 Å². The van der Waals surface area contributed by atoms with Gasteiger partial charge in [0, 0.05) is 5.56 Å². The highest BCUT2D eigenvalue weighted by Gasteiger charge is 2.45. The van der Waals surface area contributed by atoms with Gasteiger partial charge in [0.1, 0.15) is 5.75 Å². The first-order valence-electron chi connectivity index (χ1n) is 5.30. The molecule has 0 radical (unpaired) electrons. The Morgan fingerprint density at radius 3 is 2.39 bits per heavy atom. The van der Waals surface area contributed by atoms with Crippen molar-refractivity contribution in [3.05, 3.63) is 29.8 Å². The van der Waals surface area contributed by atoms with E-state index < -0.39 is 23.6 Å². The molecule has 6 heteroatoms. The Kier molecular flexibility index (Phi) is 4.61. The summed E-state index contributed by atoms with van der Waals surface area (Å²) in [6.07, 6.45) is -2.52. The zero-order valence-corrected chi connectivity index (χ0v) is 10.0. The van der Waals surface area contributed by atoms with Crippen LogP contribution in [-0.2, 0) is 15.5 Å². The van der Waals surface area contributed by atoms with E-state index in [2.05, 4.69) is 4.74 Å². The largest absolute Gasteiger partial charge is 0.497 e. The Labute approximate surface area is 103 Å². The van der Waals surface area contributed by atoms with Gasteiger partial charge in [0.05, 0.1) is 13.7 Å². The summed E-state index contributed by atoms with van der Waals surface area (Å²) in [5.41, 5.74) is -0.483. The SMILES string of the molecule is CCOC(=O)[C@H](O)C(F)(F)c1ccc(OC)cc1. The van der Waals surface area contributed by atoms with Gasteiger partial charge in [0.15, 0.2) is 0 Å². The molecule has 0 aromatic heterocycles. The van der Waals surface area contributed by atoms with Gasteiger partial charge in [-0.1, -0.05) is 0 Å². The number of carbonyl (C=O) groups is 1. The Balaban J connectivity index is 2.93. The minimum absolute atomic E-state index is 0.0748. The molecule has 0 spiro atoms. The molecule has 1 atom stereocenters. The molecular formula is C12H14F2O4. The van der Waals surface area contributed by atoms with E-state index in [0.29, 0.717) is 5.75 Å². The lowest BCUT2D eigenvalue weighted by Gasteiger charge is -2.21. The van der Waals surface area contributed by atoms with Crippen LogP contribution in [0.4, 0.5) is 8.78 Å². The summed E-state index contributed by atoms with van der Waals surface area (Å²) in [6, 6.07) is 4.81. The van der Waals surface area contributed by atoms with E-state index in [-0.39, 0.29) is 6.61 Å². The van der Waals surface area contributed by atoms with Crippen molar-refractivity contribution in [2.24, 2.45) is 0 Å². The fourth-order valence-electron chi connectivity index (χ4n) is 1.34. The second-order valence-corrected chi connectivity index (χ2v) is 3.51. The number of ether oxygens (including phenoxy) is 2. The van der Waals surface area contributed by atoms with Gasteiger partial charge in [-0.2, -0.15) is 8.78 Å². The van der Waals surface area contributed by atoms with Crippen LogP contribution in [0.1, 0.15) is 12.5 Å². The van der Waals surface area contributed by atoms with Crippen LogP contribution in [0, 0.1) is 0 Å². The summed E-state index contributed by atoms with van der Waals surface area (Å²) in [6.45, 7) is 1.39. The molecule has 0 bridgehead atoms. The van der Waals surface area contributed by atoms with E-state index in [9.17, 15) is 18.7 Å². The molecule has 1 aromatic carbocycles. The van der Waals surface area contributed by atoms with Crippen LogP contribution >= 0.6 is 0 Å². The number of esters is 1. The fourth-order valence-corrected chi connectivity index (χ4v) is 1.34. The Morgan fingerprint density at radius 2 is 1.94 bits per heavy atom. The first-order valence-corrected chi connectivity index (χ1v) is 5.30. The van der Waals surface area contributed by atoms with Gasteiger partial charge in [-0.3, -0.25) is 0 Å². The van der Waals surface area contributed by atoms with Crippen molar-refractivity contribution in [2.75, 3.05) is 13.7 Å². The number of carbonyl (C=O) groups excluding carboxylic acids is 1. The maximum atomic E-state index is 13.8. The number of halogens is 2. The van der Waals surface area contributed by atoms with Crippen LogP contribution in [0.2, 0.25) is 0 Å². The molecule has 0 fully saturated rings. The normalized spacial score (nSPS) is 12.9. The molecular weight excluding hydrogens is 246 g/mol. The Bertz CT molecular complexity index is 403. The number of rotatable bonds is 5. The molecule has 0 saturated carbocycles. The topological polar surface area (TPSA) is 55.8 Å². The summed E-state index contributed by atoms with van der Waals surface area (Å²) in [4.78, 5) is 11.1. The van der Waals surface area contributed by atoms with Crippen LogP contribution in [0.25, 0.3) is 0 Å². The van der Waals surface area contributed by atoms with Crippen molar-refractivity contribution in [1.82, 2.24) is 0 Å². The van der Waals surface area contributed by atoms with Crippen molar-refractivity contribution >= 4 is 5.97 Å². The minimum atomic E-state index is -3.71. The van der Waals surface area contributed by atoms with Crippen molar-refractivity contribution in [1.29, 1.82) is 0 Å². The third-order valence-electron chi connectivity index (χ3n) is 2.33. The van der Waals surface area contributed by atoms with E-state index >= 15 is 0 Å². The van der Waals surface area contributed by atoms with Gasteiger partial charge >= 0.3 is 11.9 Å². The molecule has 0 aliphatic carbocycles. The second-order valence-electron chi connectivity index (χ2n) is 3.51. The molecule has 1 aromatic rings. The molecule has 0 unspecified atom stereocenters. The van der Waals surface area contributed by atoms with E-state index in [1.54, 1.807) is 0 Å². The first kappa shape index (κ1) is 14.4. The van der Waals surface area contributed by atoms with Crippen LogP contribution in [-0.4, -0.2) is 30.9 Å². The van der Waals surface area contributed by atoms with Crippen molar-refractivity contribution in [3.63, 3.8) is 0 Å². The number of aliphatic hydroxyl groups is 1. The van der Waals surface area contributed by atoms with E-state index in [1.165, 1.54) is 26.2 Å². The third kappa shape index (κ3) is 2.95. The summed E-state index contributed by atoms with van der Waals surface area (Å²) in [5, 5.41) is 9.30. The molecule has 0 heterocycles. The minimum Gasteiger partial charge on any atom is -0.497 e. The van der Waals surface area contributed by atoms with Gasteiger partial charge in [-0.15, -0.1) is 0 Å². The summed E-state index contributed by atoms with van der Waals surface area (Å²) < 4.78 is 36.7. The highest BCUT2D eigenvalue weighted by atomic mass is 19.3. The number of alkyl halides is 2. The Hall–Kier alpha value is -1.69. The van der Waals surface area contributed by atoms with Crippen LogP contribution in [0.5, 0.6) is 5.75 Å². The highest BCUT2D eigenvalue weighted by Crippen LogP contribution is 2.33. The van der Waals surface area contributed by atoms with Crippen LogP contribution in [0.15, 0.2) is 24.3 Å². The predicted molar refractivity (Wildman–Crippen MR) is 59.5 cm³/mol. The maximum absolute atomic E-state index is 13.8. The summed E-state index contributed by atoms with van der Waals surface area (Å²) in [5.74, 6) is -4.66. The van der Waals surface area contributed by atoms with Gasteiger partial charge in [-0.25, -0.2) is 4.79 Å². The molecule has 0 amide bonds. The van der Waals surface area contributed by atoms with Crippen LogP contribution in [0.3, 0.4) is 0 Å². The molecule has 1 N–H and O–H groups in total. The molecule has 18 heavy (non-hydrogen) atoms. The van der Waals surface area contributed by atoms with E-state index in [4.69, 9.17) is 4.74 Å². The standard InChI is InChI=1S/C12H14F2O4/c1-3-18-11(16)10(15)12(13,14)8-4-6-9(17-2)7-5-8/h4-7,10,15H,3H2,1-2H3/t10-/m0/s1. The molecule has 1 rings (SSSR count). The molecule has 0 saturated heterocycles. The van der Waals surface area contributed by atoms with Gasteiger partial charge in [0.25, 0.3) is 0 Å². The average Bonchev–Trinajstić information content (AvgIpc) is 2.38. The lowest BCUT2D eigenvalue weighted by Crippen LogP contribution is -2.39. The number of hydrogen-bond donors (Lipinski definition) is 1. The van der Waals surface area contributed by atoms with Crippen LogP contribution < -0.4 is 4.74 Å². The lowest BCUT2D eigenvalue weighted by molar-refractivity contribution is -0.178. The zero-order valence-electron chi connectivity index (χ0n) is 10.0. The summed E-state index contributed by atoms with van der Waals surface area (Å²) >= 11 is 0. The molecule has 4 nitrogen and oxygen atoms in total. The molecule has 0 aliphatic rings. The summed E-state index contributed by atoms with van der Waals surface area (Å²) in [7, 11) is 1.40. The average molecular weight is 260 g/mol. The van der Waals surface area contributed by atoms with Crippen molar-refractivity contribution in [3.8, 4) is 5.75 Å². The number of aliphatic hydroxyl groups excluding tert-OH is 1. The lowest BCUT2D eigenvalue weighted by atomic mass is 10.0. The maximum Gasteiger partial charge on any atom is 0.341 e. The predicted octanol–water partition coefficient (Wildman–Crippen LogP) is 1.71. The highest BCUT2D eigenvalue weighted by molar-refractivity contribution is 5.76. The number of benzene rings is 1. The fraction of sp³-hybridized carbons (Fsp3) is 0.417. The van der Waals surface area contributed by atoms with Gasteiger partial charge in [0.2, 0.25) is 6.10 Å². The molecule has 100 valence electrons. The van der Waals surface area contributed by atoms with Crippen molar-refractivity contribution < 1.29 is 28.2 Å². The van der Waals surface area contributed by atoms with E-state index in [0.717, 1.165) is 12.1 Å². The second kappa shape index (κ2) is 5.77. The monoisotopic (exact) mass is 260 g/mol. The van der Waals surface area contributed by atoms with Gasteiger partial charge < -0.3 is 14.6 Å². The number of hydrogen-bond acceptors (Lipinski definition) is 4. The van der Waals surface area contributed by atoms with Crippen molar-refractivity contribution in [2.45, 2.75) is 19.0 Å². The van der Waals surface area contributed by atoms with Gasteiger partial charge in [-0.05, 0) is 31.2 Å². The zero-order chi connectivity index (χ0) is 13.8. The number of methoxy groups -OCH3 is 1. The molecule has 0 aliphatic heterocycles.